The smallest absolute Gasteiger partial charge is 0.315 e. The highest BCUT2D eigenvalue weighted by atomic mass is 16.2. The van der Waals surface area contributed by atoms with Crippen LogP contribution in [0, 0.1) is 5.92 Å². The van der Waals surface area contributed by atoms with E-state index in [1.165, 1.54) is 0 Å². The summed E-state index contributed by atoms with van der Waals surface area (Å²) >= 11 is 0. The van der Waals surface area contributed by atoms with Gasteiger partial charge < -0.3 is 10.6 Å². The first kappa shape index (κ1) is 9.36. The first-order chi connectivity index (χ1) is 5.59. The number of nitrogens with one attached hydrogen (secondary N) is 2. The van der Waals surface area contributed by atoms with E-state index >= 15 is 0 Å². The van der Waals surface area contributed by atoms with E-state index in [4.69, 9.17) is 0 Å². The van der Waals surface area contributed by atoms with E-state index in [-0.39, 0.29) is 12.1 Å². The number of carbonyl (C=O) groups is 1. The topological polar surface area (TPSA) is 41.1 Å². The number of amides is 2. The Kier molecular flexibility index (Phi) is 2.95. The molecule has 1 rings (SSSR count). The molecular weight excluding hydrogens is 152 g/mol. The molecule has 0 saturated heterocycles. The van der Waals surface area contributed by atoms with Crippen LogP contribution in [0.1, 0.15) is 33.6 Å². The van der Waals surface area contributed by atoms with Crippen molar-refractivity contribution in [3.8, 4) is 0 Å². The van der Waals surface area contributed by atoms with Gasteiger partial charge in [-0.05, 0) is 25.7 Å². The van der Waals surface area contributed by atoms with Crippen molar-refractivity contribution < 1.29 is 4.79 Å². The Hall–Kier alpha value is -0.730. The molecule has 1 atom stereocenters. The van der Waals surface area contributed by atoms with Crippen molar-refractivity contribution in [1.29, 1.82) is 0 Å². The van der Waals surface area contributed by atoms with Crippen LogP contribution < -0.4 is 10.6 Å². The molecule has 2 N–H and O–H groups in total. The predicted molar refractivity (Wildman–Crippen MR) is 49.0 cm³/mol. The van der Waals surface area contributed by atoms with Gasteiger partial charge in [-0.25, -0.2) is 4.79 Å². The van der Waals surface area contributed by atoms with Crippen LogP contribution in [0.5, 0.6) is 0 Å². The molecule has 0 spiro atoms. The summed E-state index contributed by atoms with van der Waals surface area (Å²) in [6.45, 7) is 6.22. The molecule has 3 nitrogen and oxygen atoms in total. The zero-order chi connectivity index (χ0) is 9.14. The van der Waals surface area contributed by atoms with Crippen molar-refractivity contribution in [1.82, 2.24) is 10.6 Å². The lowest BCUT2D eigenvalue weighted by molar-refractivity contribution is 0.234. The minimum absolute atomic E-state index is 0.0151. The van der Waals surface area contributed by atoms with Gasteiger partial charge in [-0.2, -0.15) is 0 Å². The molecule has 0 radical (unpaired) electrons. The maximum atomic E-state index is 11.2. The van der Waals surface area contributed by atoms with E-state index in [9.17, 15) is 4.79 Å². The average molecular weight is 170 g/mol. The van der Waals surface area contributed by atoms with Crippen molar-refractivity contribution in [2.45, 2.75) is 45.7 Å². The Labute approximate surface area is 73.9 Å². The average Bonchev–Trinajstić information content (AvgIpc) is 2.71. The molecule has 0 aliphatic heterocycles. The lowest BCUT2D eigenvalue weighted by Crippen LogP contribution is -2.43. The molecule has 1 aliphatic rings. The second kappa shape index (κ2) is 3.78. The number of hydrogen-bond donors (Lipinski definition) is 2. The van der Waals surface area contributed by atoms with Crippen molar-refractivity contribution in [3.05, 3.63) is 0 Å². The van der Waals surface area contributed by atoms with Gasteiger partial charge in [-0.3, -0.25) is 0 Å². The molecule has 70 valence electrons. The molecule has 0 heterocycles. The summed E-state index contributed by atoms with van der Waals surface area (Å²) in [6.07, 6.45) is 2.28. The van der Waals surface area contributed by atoms with E-state index in [1.807, 2.05) is 6.92 Å². The minimum Gasteiger partial charge on any atom is -0.335 e. The van der Waals surface area contributed by atoms with Crippen LogP contribution in [-0.2, 0) is 0 Å². The highest BCUT2D eigenvalue weighted by Gasteiger charge is 2.23. The molecule has 1 unspecified atom stereocenters. The van der Waals surface area contributed by atoms with E-state index in [0.29, 0.717) is 12.0 Å². The summed E-state index contributed by atoms with van der Waals surface area (Å²) in [6, 6.07) is 0.687. The van der Waals surface area contributed by atoms with E-state index in [2.05, 4.69) is 24.5 Å². The molecule has 0 bridgehead atoms. The zero-order valence-electron chi connectivity index (χ0n) is 8.05. The Morgan fingerprint density at radius 2 is 1.92 bits per heavy atom. The third-order valence-corrected chi connectivity index (χ3v) is 2.27. The Morgan fingerprint density at radius 3 is 2.33 bits per heavy atom. The fraction of sp³-hybridized carbons (Fsp3) is 0.889. The maximum Gasteiger partial charge on any atom is 0.315 e. The van der Waals surface area contributed by atoms with E-state index in [1.54, 1.807) is 0 Å². The molecule has 0 aromatic rings. The lowest BCUT2D eigenvalue weighted by atomic mass is 10.1. The first-order valence-corrected chi connectivity index (χ1v) is 4.66. The highest BCUT2D eigenvalue weighted by Crippen LogP contribution is 2.18. The SMILES string of the molecule is CC(C)C(C)NC(=O)NC1CC1. The first-order valence-electron chi connectivity index (χ1n) is 4.66. The minimum atomic E-state index is -0.0151. The fourth-order valence-corrected chi connectivity index (χ4v) is 0.828. The number of carbonyl (C=O) groups excluding carboxylic acids is 1. The van der Waals surface area contributed by atoms with Gasteiger partial charge in [0.15, 0.2) is 0 Å². The van der Waals surface area contributed by atoms with Crippen LogP contribution in [0.3, 0.4) is 0 Å². The van der Waals surface area contributed by atoms with E-state index < -0.39 is 0 Å². The van der Waals surface area contributed by atoms with Crippen LogP contribution in [-0.4, -0.2) is 18.1 Å². The van der Waals surface area contributed by atoms with Gasteiger partial charge in [0.2, 0.25) is 0 Å². The molecule has 1 fully saturated rings. The van der Waals surface area contributed by atoms with Crippen molar-refractivity contribution in [2.75, 3.05) is 0 Å². The van der Waals surface area contributed by atoms with Crippen molar-refractivity contribution in [3.63, 3.8) is 0 Å². The van der Waals surface area contributed by atoms with Crippen LogP contribution in [0.2, 0.25) is 0 Å². The quantitative estimate of drug-likeness (QED) is 0.662. The molecular formula is C9H18N2O. The number of hydrogen-bond acceptors (Lipinski definition) is 1. The monoisotopic (exact) mass is 170 g/mol. The normalized spacial score (nSPS) is 19.0. The summed E-state index contributed by atoms with van der Waals surface area (Å²) < 4.78 is 0. The second-order valence-corrected chi connectivity index (χ2v) is 3.92. The lowest BCUT2D eigenvalue weighted by Gasteiger charge is -2.17. The van der Waals surface area contributed by atoms with Gasteiger partial charge in [0.1, 0.15) is 0 Å². The van der Waals surface area contributed by atoms with E-state index in [0.717, 1.165) is 12.8 Å². The molecule has 1 saturated carbocycles. The number of rotatable bonds is 3. The largest absolute Gasteiger partial charge is 0.335 e. The van der Waals surface area contributed by atoms with Gasteiger partial charge in [-0.1, -0.05) is 13.8 Å². The standard InChI is InChI=1S/C9H18N2O/c1-6(2)7(3)10-9(12)11-8-4-5-8/h6-8H,4-5H2,1-3H3,(H2,10,11,12). The summed E-state index contributed by atoms with van der Waals surface area (Å²) in [4.78, 5) is 11.2. The van der Waals surface area contributed by atoms with Gasteiger partial charge in [0.05, 0.1) is 0 Å². The number of urea groups is 1. The summed E-state index contributed by atoms with van der Waals surface area (Å²) in [7, 11) is 0. The zero-order valence-corrected chi connectivity index (χ0v) is 8.05. The molecule has 1 aliphatic carbocycles. The van der Waals surface area contributed by atoms with Crippen LogP contribution in [0.4, 0.5) is 4.79 Å². The molecule has 12 heavy (non-hydrogen) atoms. The van der Waals surface area contributed by atoms with Crippen LogP contribution in [0.25, 0.3) is 0 Å². The maximum absolute atomic E-state index is 11.2. The molecule has 2 amide bonds. The van der Waals surface area contributed by atoms with Crippen molar-refractivity contribution in [2.24, 2.45) is 5.92 Å². The van der Waals surface area contributed by atoms with Gasteiger partial charge >= 0.3 is 6.03 Å². The van der Waals surface area contributed by atoms with Crippen LogP contribution >= 0.6 is 0 Å². The van der Waals surface area contributed by atoms with Crippen LogP contribution in [0.15, 0.2) is 0 Å². The Bertz CT molecular complexity index is 164. The Morgan fingerprint density at radius 1 is 1.33 bits per heavy atom. The summed E-state index contributed by atoms with van der Waals surface area (Å²) in [5, 5.41) is 5.79. The molecule has 3 heteroatoms. The second-order valence-electron chi connectivity index (χ2n) is 3.92. The summed E-state index contributed by atoms with van der Waals surface area (Å²) in [5.41, 5.74) is 0. The van der Waals surface area contributed by atoms with Crippen molar-refractivity contribution >= 4 is 6.03 Å². The Balaban J connectivity index is 2.15. The summed E-state index contributed by atoms with van der Waals surface area (Å²) in [5.74, 6) is 0.495. The van der Waals surface area contributed by atoms with Gasteiger partial charge in [-0.15, -0.1) is 0 Å². The van der Waals surface area contributed by atoms with Gasteiger partial charge in [0.25, 0.3) is 0 Å². The third-order valence-electron chi connectivity index (χ3n) is 2.27. The third kappa shape index (κ3) is 3.11. The molecule has 0 aromatic carbocycles. The molecule has 0 aromatic heterocycles. The van der Waals surface area contributed by atoms with Gasteiger partial charge in [0, 0.05) is 12.1 Å². The highest BCUT2D eigenvalue weighted by molar-refractivity contribution is 5.74. The fourth-order valence-electron chi connectivity index (χ4n) is 0.828. The predicted octanol–water partition coefficient (Wildman–Crippen LogP) is 1.49.